The van der Waals surface area contributed by atoms with Crippen LogP contribution in [0.25, 0.3) is 5.78 Å². The average molecular weight is 306 g/mol. The van der Waals surface area contributed by atoms with Crippen molar-refractivity contribution in [3.05, 3.63) is 58.7 Å². The van der Waals surface area contributed by atoms with Crippen molar-refractivity contribution < 1.29 is 4.79 Å². The standard InChI is InChI=1S/C18H18N4O/c1-3-17-20-18-19-10-14-15(22(18)21-17)8-12(9-16(14)23)13-7-5-4-6-11(13)2/h4-7,10,12H,3,8-9H2,1-2H3. The van der Waals surface area contributed by atoms with Crippen molar-refractivity contribution in [2.24, 2.45) is 0 Å². The Balaban J connectivity index is 1.85. The van der Waals surface area contributed by atoms with E-state index in [1.807, 2.05) is 19.1 Å². The molecule has 23 heavy (non-hydrogen) atoms. The Morgan fingerprint density at radius 1 is 1.26 bits per heavy atom. The maximum Gasteiger partial charge on any atom is 0.252 e. The molecule has 4 rings (SSSR count). The van der Waals surface area contributed by atoms with Crippen molar-refractivity contribution in [3.8, 4) is 0 Å². The molecule has 1 atom stereocenters. The van der Waals surface area contributed by atoms with Gasteiger partial charge < -0.3 is 0 Å². The summed E-state index contributed by atoms with van der Waals surface area (Å²) in [5.41, 5.74) is 4.10. The molecule has 0 N–H and O–H groups in total. The molecule has 1 unspecified atom stereocenters. The second-order valence-corrected chi connectivity index (χ2v) is 6.10. The quantitative estimate of drug-likeness (QED) is 0.730. The van der Waals surface area contributed by atoms with E-state index in [2.05, 4.69) is 34.1 Å². The second kappa shape index (κ2) is 5.26. The zero-order valence-electron chi connectivity index (χ0n) is 13.3. The zero-order valence-corrected chi connectivity index (χ0v) is 13.3. The molecule has 1 aliphatic rings. The number of benzene rings is 1. The number of nitrogens with zero attached hydrogens (tertiary/aromatic N) is 4. The Labute approximate surface area is 134 Å². The van der Waals surface area contributed by atoms with Crippen LogP contribution >= 0.6 is 0 Å². The molecule has 5 nitrogen and oxygen atoms in total. The van der Waals surface area contributed by atoms with Crippen molar-refractivity contribution in [1.29, 1.82) is 0 Å². The van der Waals surface area contributed by atoms with Gasteiger partial charge >= 0.3 is 0 Å². The molecule has 0 amide bonds. The van der Waals surface area contributed by atoms with Crippen LogP contribution in [0.3, 0.4) is 0 Å². The SMILES string of the molecule is CCc1nc2ncc3c(n2n1)CC(c1ccccc1C)CC3=O. The van der Waals surface area contributed by atoms with Crippen LogP contribution in [0.15, 0.2) is 30.5 Å². The van der Waals surface area contributed by atoms with Gasteiger partial charge in [-0.25, -0.2) is 9.50 Å². The fourth-order valence-electron chi connectivity index (χ4n) is 3.40. The third-order valence-electron chi connectivity index (χ3n) is 4.63. The molecule has 2 heterocycles. The largest absolute Gasteiger partial charge is 0.294 e. The van der Waals surface area contributed by atoms with Gasteiger partial charge in [0, 0.05) is 19.0 Å². The van der Waals surface area contributed by atoms with Crippen LogP contribution in [-0.2, 0) is 12.8 Å². The zero-order chi connectivity index (χ0) is 16.0. The van der Waals surface area contributed by atoms with E-state index in [0.717, 1.165) is 24.4 Å². The van der Waals surface area contributed by atoms with Crippen LogP contribution in [0.1, 0.15) is 52.3 Å². The summed E-state index contributed by atoms with van der Waals surface area (Å²) in [6.45, 7) is 4.12. The van der Waals surface area contributed by atoms with Crippen LogP contribution in [0.4, 0.5) is 0 Å². The second-order valence-electron chi connectivity index (χ2n) is 6.10. The highest BCUT2D eigenvalue weighted by atomic mass is 16.1. The molecule has 1 aromatic carbocycles. The first-order chi connectivity index (χ1) is 11.2. The highest BCUT2D eigenvalue weighted by Gasteiger charge is 2.30. The molecule has 1 aliphatic carbocycles. The summed E-state index contributed by atoms with van der Waals surface area (Å²) in [4.78, 5) is 21.3. The molecule has 0 fully saturated rings. The molecule has 0 radical (unpaired) electrons. The lowest BCUT2D eigenvalue weighted by Gasteiger charge is -2.25. The minimum absolute atomic E-state index is 0.141. The Bertz CT molecular complexity index is 913. The number of hydrogen-bond acceptors (Lipinski definition) is 4. The molecule has 0 aliphatic heterocycles. The topological polar surface area (TPSA) is 60.1 Å². The van der Waals surface area contributed by atoms with E-state index in [0.29, 0.717) is 17.8 Å². The van der Waals surface area contributed by atoms with Gasteiger partial charge in [-0.15, -0.1) is 5.10 Å². The van der Waals surface area contributed by atoms with Gasteiger partial charge in [0.15, 0.2) is 11.6 Å². The third kappa shape index (κ3) is 2.23. The van der Waals surface area contributed by atoms with Gasteiger partial charge in [-0.3, -0.25) is 4.79 Å². The van der Waals surface area contributed by atoms with Crippen molar-refractivity contribution in [2.45, 2.75) is 39.0 Å². The van der Waals surface area contributed by atoms with E-state index in [1.54, 1.807) is 10.7 Å². The number of carbonyl (C=O) groups is 1. The van der Waals surface area contributed by atoms with Crippen LogP contribution in [0, 0.1) is 6.92 Å². The summed E-state index contributed by atoms with van der Waals surface area (Å²) in [5.74, 6) is 1.67. The van der Waals surface area contributed by atoms with Crippen molar-refractivity contribution in [1.82, 2.24) is 19.6 Å². The van der Waals surface area contributed by atoms with Crippen LogP contribution in [-0.4, -0.2) is 25.4 Å². The van der Waals surface area contributed by atoms with Gasteiger partial charge in [0.25, 0.3) is 5.78 Å². The highest BCUT2D eigenvalue weighted by Crippen LogP contribution is 2.33. The molecule has 0 spiro atoms. The van der Waals surface area contributed by atoms with E-state index in [4.69, 9.17) is 0 Å². The van der Waals surface area contributed by atoms with Crippen LogP contribution < -0.4 is 0 Å². The molecule has 5 heteroatoms. The molecule has 2 aromatic heterocycles. The average Bonchev–Trinajstić information content (AvgIpc) is 2.99. The lowest BCUT2D eigenvalue weighted by Crippen LogP contribution is -2.23. The smallest absolute Gasteiger partial charge is 0.252 e. The summed E-state index contributed by atoms with van der Waals surface area (Å²) >= 11 is 0. The van der Waals surface area contributed by atoms with Gasteiger partial charge in [-0.05, 0) is 30.4 Å². The maximum absolute atomic E-state index is 12.6. The number of fused-ring (bicyclic) bond motifs is 3. The highest BCUT2D eigenvalue weighted by molar-refractivity contribution is 5.98. The fraction of sp³-hybridized carbons (Fsp3) is 0.333. The Hall–Kier alpha value is -2.56. The van der Waals surface area contributed by atoms with E-state index in [1.165, 1.54) is 11.1 Å². The number of hydrogen-bond donors (Lipinski definition) is 0. The van der Waals surface area contributed by atoms with Gasteiger partial charge in [0.2, 0.25) is 0 Å². The molecule has 0 saturated heterocycles. The molecule has 0 bridgehead atoms. The van der Waals surface area contributed by atoms with E-state index < -0.39 is 0 Å². The van der Waals surface area contributed by atoms with Gasteiger partial charge in [0.05, 0.1) is 11.3 Å². The van der Waals surface area contributed by atoms with Crippen LogP contribution in [0.2, 0.25) is 0 Å². The van der Waals surface area contributed by atoms with Crippen LogP contribution in [0.5, 0.6) is 0 Å². The Kier molecular flexibility index (Phi) is 3.22. The lowest BCUT2D eigenvalue weighted by molar-refractivity contribution is 0.0962. The van der Waals surface area contributed by atoms with E-state index in [-0.39, 0.29) is 11.7 Å². The number of aryl methyl sites for hydroxylation is 2. The summed E-state index contributed by atoms with van der Waals surface area (Å²) in [7, 11) is 0. The number of aromatic nitrogens is 4. The number of Topliss-reactive ketones (excluding diaryl/α,β-unsaturated/α-hetero) is 1. The summed E-state index contributed by atoms with van der Waals surface area (Å²) < 4.78 is 1.76. The lowest BCUT2D eigenvalue weighted by atomic mass is 9.80. The van der Waals surface area contributed by atoms with Gasteiger partial charge in [0.1, 0.15) is 0 Å². The molecule has 116 valence electrons. The summed E-state index contributed by atoms with van der Waals surface area (Å²) in [5, 5.41) is 4.52. The normalized spacial score (nSPS) is 17.5. The predicted molar refractivity (Wildman–Crippen MR) is 86.7 cm³/mol. The first-order valence-electron chi connectivity index (χ1n) is 7.99. The Morgan fingerprint density at radius 3 is 2.87 bits per heavy atom. The number of ketones is 1. The van der Waals surface area contributed by atoms with E-state index >= 15 is 0 Å². The molecular weight excluding hydrogens is 288 g/mol. The summed E-state index contributed by atoms with van der Waals surface area (Å²) in [6, 6.07) is 8.29. The number of rotatable bonds is 2. The minimum atomic E-state index is 0.141. The monoisotopic (exact) mass is 306 g/mol. The first kappa shape index (κ1) is 14.1. The maximum atomic E-state index is 12.6. The predicted octanol–water partition coefficient (Wildman–Crippen LogP) is 2.91. The van der Waals surface area contributed by atoms with Crippen molar-refractivity contribution >= 4 is 11.6 Å². The van der Waals surface area contributed by atoms with E-state index in [9.17, 15) is 4.79 Å². The third-order valence-corrected chi connectivity index (χ3v) is 4.63. The van der Waals surface area contributed by atoms with Gasteiger partial charge in [-0.1, -0.05) is 31.2 Å². The van der Waals surface area contributed by atoms with Crippen molar-refractivity contribution in [2.75, 3.05) is 0 Å². The molecule has 0 saturated carbocycles. The molecular formula is C18H18N4O. The minimum Gasteiger partial charge on any atom is -0.294 e. The number of carbonyl (C=O) groups excluding carboxylic acids is 1. The fourth-order valence-corrected chi connectivity index (χ4v) is 3.40. The Morgan fingerprint density at radius 2 is 2.09 bits per heavy atom. The van der Waals surface area contributed by atoms with Gasteiger partial charge in [-0.2, -0.15) is 4.98 Å². The summed E-state index contributed by atoms with van der Waals surface area (Å²) in [6.07, 6.45) is 3.74. The molecule has 3 aromatic rings. The van der Waals surface area contributed by atoms with Crippen molar-refractivity contribution in [3.63, 3.8) is 0 Å². The first-order valence-corrected chi connectivity index (χ1v) is 7.99.